The Morgan fingerprint density at radius 1 is 1.19 bits per heavy atom. The fraction of sp³-hybridized carbons (Fsp3) is 0.154. The number of pyridine rings is 1. The summed E-state index contributed by atoms with van der Waals surface area (Å²) < 4.78 is 5.78. The normalized spacial score (nSPS) is 10.1. The Hall–Kier alpha value is -1.87. The molecule has 0 unspecified atom stereocenters. The van der Waals surface area contributed by atoms with Crippen molar-refractivity contribution in [1.29, 1.82) is 0 Å². The number of ether oxygens (including phenoxy) is 1. The summed E-state index contributed by atoms with van der Waals surface area (Å²) in [6.07, 6.45) is 3.55. The molecule has 0 aliphatic heterocycles. The van der Waals surface area contributed by atoms with Crippen LogP contribution in [0.3, 0.4) is 0 Å². The maximum atomic E-state index is 5.78. The standard InChI is InChI=1S/C13H14N2O/c1-14-9-11-10-15-8-7-13(11)16-12-5-3-2-4-6-12/h2-8,10,14H,9H2,1H3. The van der Waals surface area contributed by atoms with Crippen LogP contribution in [-0.2, 0) is 6.54 Å². The van der Waals surface area contributed by atoms with E-state index in [1.54, 1.807) is 6.20 Å². The molecule has 0 aliphatic carbocycles. The van der Waals surface area contributed by atoms with Gasteiger partial charge in [0.05, 0.1) is 0 Å². The highest BCUT2D eigenvalue weighted by molar-refractivity contribution is 5.35. The van der Waals surface area contributed by atoms with E-state index in [-0.39, 0.29) is 0 Å². The van der Waals surface area contributed by atoms with E-state index in [2.05, 4.69) is 10.3 Å². The van der Waals surface area contributed by atoms with Gasteiger partial charge < -0.3 is 10.1 Å². The van der Waals surface area contributed by atoms with Crippen molar-refractivity contribution in [3.63, 3.8) is 0 Å². The molecule has 0 spiro atoms. The predicted molar refractivity (Wildman–Crippen MR) is 63.5 cm³/mol. The average Bonchev–Trinajstić information content (AvgIpc) is 2.33. The second kappa shape index (κ2) is 5.28. The Balaban J connectivity index is 2.21. The molecule has 0 bridgehead atoms. The minimum atomic E-state index is 0.746. The molecule has 1 aromatic carbocycles. The molecule has 0 radical (unpaired) electrons. The first-order valence-corrected chi connectivity index (χ1v) is 5.20. The van der Waals surface area contributed by atoms with Gasteiger partial charge in [0.1, 0.15) is 11.5 Å². The van der Waals surface area contributed by atoms with Crippen molar-refractivity contribution in [3.05, 3.63) is 54.4 Å². The van der Waals surface area contributed by atoms with Gasteiger partial charge in [-0.2, -0.15) is 0 Å². The van der Waals surface area contributed by atoms with Crippen LogP contribution < -0.4 is 10.1 Å². The van der Waals surface area contributed by atoms with E-state index in [9.17, 15) is 0 Å². The molecule has 0 fully saturated rings. The van der Waals surface area contributed by atoms with E-state index < -0.39 is 0 Å². The quantitative estimate of drug-likeness (QED) is 0.849. The smallest absolute Gasteiger partial charge is 0.134 e. The topological polar surface area (TPSA) is 34.2 Å². The molecule has 82 valence electrons. The van der Waals surface area contributed by atoms with Crippen LogP contribution in [0.4, 0.5) is 0 Å². The highest BCUT2D eigenvalue weighted by Gasteiger charge is 2.03. The largest absolute Gasteiger partial charge is 0.457 e. The number of aromatic nitrogens is 1. The highest BCUT2D eigenvalue weighted by atomic mass is 16.5. The first-order chi connectivity index (χ1) is 7.90. The summed E-state index contributed by atoms with van der Waals surface area (Å²) in [5, 5.41) is 3.09. The van der Waals surface area contributed by atoms with Crippen molar-refractivity contribution in [2.45, 2.75) is 6.54 Å². The number of nitrogens with one attached hydrogen (secondary N) is 1. The van der Waals surface area contributed by atoms with Crippen LogP contribution in [0.2, 0.25) is 0 Å². The van der Waals surface area contributed by atoms with E-state index in [1.165, 1.54) is 0 Å². The number of rotatable bonds is 4. The molecule has 0 saturated heterocycles. The van der Waals surface area contributed by atoms with Crippen LogP contribution in [0.1, 0.15) is 5.56 Å². The van der Waals surface area contributed by atoms with Gasteiger partial charge in [0.25, 0.3) is 0 Å². The molecule has 1 aromatic heterocycles. The summed E-state index contributed by atoms with van der Waals surface area (Å²) in [7, 11) is 1.90. The van der Waals surface area contributed by atoms with E-state index in [1.807, 2.05) is 49.6 Å². The van der Waals surface area contributed by atoms with E-state index in [0.29, 0.717) is 0 Å². The maximum absolute atomic E-state index is 5.78. The van der Waals surface area contributed by atoms with Gasteiger partial charge in [0.15, 0.2) is 0 Å². The summed E-state index contributed by atoms with van der Waals surface area (Å²) in [4.78, 5) is 4.09. The molecule has 1 N–H and O–H groups in total. The minimum absolute atomic E-state index is 0.746. The average molecular weight is 214 g/mol. The van der Waals surface area contributed by atoms with Crippen molar-refractivity contribution in [2.24, 2.45) is 0 Å². The molecule has 0 amide bonds. The lowest BCUT2D eigenvalue weighted by atomic mass is 10.2. The molecular formula is C13H14N2O. The minimum Gasteiger partial charge on any atom is -0.457 e. The summed E-state index contributed by atoms with van der Waals surface area (Å²) >= 11 is 0. The second-order valence-electron chi connectivity index (χ2n) is 3.43. The van der Waals surface area contributed by atoms with Gasteiger partial charge in [0, 0.05) is 24.5 Å². The summed E-state index contributed by atoms with van der Waals surface area (Å²) in [6.45, 7) is 0.746. The van der Waals surface area contributed by atoms with E-state index in [0.717, 1.165) is 23.6 Å². The van der Waals surface area contributed by atoms with Gasteiger partial charge in [-0.25, -0.2) is 0 Å². The Kier molecular flexibility index (Phi) is 3.51. The molecule has 0 atom stereocenters. The SMILES string of the molecule is CNCc1cnccc1Oc1ccccc1. The van der Waals surface area contributed by atoms with Crippen LogP contribution >= 0.6 is 0 Å². The van der Waals surface area contributed by atoms with Crippen LogP contribution in [0.15, 0.2) is 48.8 Å². The predicted octanol–water partition coefficient (Wildman–Crippen LogP) is 2.59. The lowest BCUT2D eigenvalue weighted by Crippen LogP contribution is -2.06. The van der Waals surface area contributed by atoms with Gasteiger partial charge >= 0.3 is 0 Å². The lowest BCUT2D eigenvalue weighted by molar-refractivity contribution is 0.473. The van der Waals surface area contributed by atoms with Crippen molar-refractivity contribution in [2.75, 3.05) is 7.05 Å². The Labute approximate surface area is 95.1 Å². The highest BCUT2D eigenvalue weighted by Crippen LogP contribution is 2.23. The molecule has 1 heterocycles. The van der Waals surface area contributed by atoms with E-state index in [4.69, 9.17) is 4.74 Å². The Bertz CT molecular complexity index is 443. The zero-order valence-electron chi connectivity index (χ0n) is 9.18. The second-order valence-corrected chi connectivity index (χ2v) is 3.43. The van der Waals surface area contributed by atoms with Gasteiger partial charge in [-0.3, -0.25) is 4.98 Å². The third-order valence-electron chi connectivity index (χ3n) is 2.20. The lowest BCUT2D eigenvalue weighted by Gasteiger charge is -2.09. The van der Waals surface area contributed by atoms with Gasteiger partial charge in [0.2, 0.25) is 0 Å². The monoisotopic (exact) mass is 214 g/mol. The summed E-state index contributed by atoms with van der Waals surface area (Å²) in [5.74, 6) is 1.68. The molecule has 3 nitrogen and oxygen atoms in total. The van der Waals surface area contributed by atoms with Gasteiger partial charge in [-0.05, 0) is 25.2 Å². The first kappa shape index (κ1) is 10.6. The van der Waals surface area contributed by atoms with Crippen molar-refractivity contribution in [1.82, 2.24) is 10.3 Å². The van der Waals surface area contributed by atoms with E-state index >= 15 is 0 Å². The third-order valence-corrected chi connectivity index (χ3v) is 2.20. The zero-order valence-corrected chi connectivity index (χ0v) is 9.18. The molecule has 2 aromatic rings. The van der Waals surface area contributed by atoms with Crippen molar-refractivity contribution in [3.8, 4) is 11.5 Å². The maximum Gasteiger partial charge on any atom is 0.134 e. The fourth-order valence-corrected chi connectivity index (χ4v) is 1.45. The molecule has 3 heteroatoms. The van der Waals surface area contributed by atoms with Crippen molar-refractivity contribution >= 4 is 0 Å². The molecule has 2 rings (SSSR count). The number of benzene rings is 1. The Morgan fingerprint density at radius 3 is 2.75 bits per heavy atom. The number of nitrogens with zero attached hydrogens (tertiary/aromatic N) is 1. The summed E-state index contributed by atoms with van der Waals surface area (Å²) in [6, 6.07) is 11.6. The molecule has 0 saturated carbocycles. The third kappa shape index (κ3) is 2.58. The van der Waals surface area contributed by atoms with Crippen LogP contribution in [0, 0.1) is 0 Å². The Morgan fingerprint density at radius 2 is 2.00 bits per heavy atom. The number of hydrogen-bond acceptors (Lipinski definition) is 3. The number of para-hydroxylation sites is 1. The molecule has 16 heavy (non-hydrogen) atoms. The summed E-state index contributed by atoms with van der Waals surface area (Å²) in [5.41, 5.74) is 1.05. The molecular weight excluding hydrogens is 200 g/mol. The van der Waals surface area contributed by atoms with Crippen LogP contribution in [0.5, 0.6) is 11.5 Å². The first-order valence-electron chi connectivity index (χ1n) is 5.20. The van der Waals surface area contributed by atoms with Crippen LogP contribution in [-0.4, -0.2) is 12.0 Å². The van der Waals surface area contributed by atoms with Crippen LogP contribution in [0.25, 0.3) is 0 Å². The van der Waals surface area contributed by atoms with Gasteiger partial charge in [-0.1, -0.05) is 18.2 Å². The van der Waals surface area contributed by atoms with Crippen molar-refractivity contribution < 1.29 is 4.74 Å². The van der Waals surface area contributed by atoms with Gasteiger partial charge in [-0.15, -0.1) is 0 Å². The fourth-order valence-electron chi connectivity index (χ4n) is 1.45. The molecule has 0 aliphatic rings. The zero-order chi connectivity index (χ0) is 11.2. The number of hydrogen-bond donors (Lipinski definition) is 1.